The highest BCUT2D eigenvalue weighted by atomic mass is 32.1. The molecule has 5 nitrogen and oxygen atoms in total. The van der Waals surface area contributed by atoms with Crippen LogP contribution in [-0.4, -0.2) is 15.9 Å². The topological polar surface area (TPSA) is 68.0 Å². The first kappa shape index (κ1) is 15.7. The zero-order valence-electron chi connectivity index (χ0n) is 13.2. The first-order chi connectivity index (χ1) is 12.2. The van der Waals surface area contributed by atoms with Gasteiger partial charge in [-0.2, -0.15) is 0 Å². The molecule has 7 heteroatoms. The lowest BCUT2D eigenvalue weighted by Gasteiger charge is -2.02. The maximum absolute atomic E-state index is 12.8. The van der Waals surface area contributed by atoms with E-state index in [1.807, 2.05) is 43.3 Å². The number of aromatic nitrogens is 2. The zero-order chi connectivity index (χ0) is 17.2. The van der Waals surface area contributed by atoms with Gasteiger partial charge >= 0.3 is 0 Å². The second-order valence-corrected chi connectivity index (χ2v) is 7.50. The Labute approximate surface area is 152 Å². The molecule has 0 spiro atoms. The Morgan fingerprint density at radius 2 is 1.96 bits per heavy atom. The van der Waals surface area contributed by atoms with Crippen molar-refractivity contribution in [1.29, 1.82) is 0 Å². The molecule has 0 bridgehead atoms. The lowest BCUT2D eigenvalue weighted by Crippen LogP contribution is -2.11. The molecular weight excluding hydrogens is 354 g/mol. The molecule has 4 rings (SSSR count). The van der Waals surface area contributed by atoms with Crippen molar-refractivity contribution in [3.8, 4) is 22.0 Å². The highest BCUT2D eigenvalue weighted by Gasteiger charge is 2.22. The molecule has 0 aliphatic rings. The molecule has 3 heterocycles. The fraction of sp³-hybridized carbons (Fsp3) is 0.0556. The predicted molar refractivity (Wildman–Crippen MR) is 100 cm³/mol. The molecule has 124 valence electrons. The Morgan fingerprint density at radius 1 is 1.12 bits per heavy atom. The van der Waals surface area contributed by atoms with Crippen molar-refractivity contribution in [1.82, 2.24) is 9.97 Å². The Hall–Kier alpha value is -2.77. The molecule has 4 aromatic rings. The molecule has 25 heavy (non-hydrogen) atoms. The number of rotatable bonds is 4. The van der Waals surface area contributed by atoms with Gasteiger partial charge in [-0.1, -0.05) is 30.3 Å². The largest absolute Gasteiger partial charge is 0.462 e. The van der Waals surface area contributed by atoms with Crippen LogP contribution in [0.4, 0.5) is 5.13 Å². The van der Waals surface area contributed by atoms with E-state index in [1.165, 1.54) is 22.7 Å². The van der Waals surface area contributed by atoms with E-state index in [0.717, 1.165) is 10.4 Å². The van der Waals surface area contributed by atoms with Crippen molar-refractivity contribution in [3.63, 3.8) is 0 Å². The van der Waals surface area contributed by atoms with Crippen LogP contribution in [0.25, 0.3) is 22.0 Å². The standard InChI is InChI=1S/C18H13N3O2S2/c1-11-10-19-18(24-11)21-16(22)15-14(12-6-3-2-4-7-12)20-17(25-15)13-8-5-9-23-13/h2-10H,1H3,(H,19,21,22). The van der Waals surface area contributed by atoms with Gasteiger partial charge in [0.25, 0.3) is 5.91 Å². The van der Waals surface area contributed by atoms with E-state index >= 15 is 0 Å². The van der Waals surface area contributed by atoms with Crippen LogP contribution in [-0.2, 0) is 0 Å². The minimum Gasteiger partial charge on any atom is -0.462 e. The summed E-state index contributed by atoms with van der Waals surface area (Å²) in [6, 6.07) is 13.3. The number of nitrogens with zero attached hydrogens (tertiary/aromatic N) is 2. The van der Waals surface area contributed by atoms with E-state index in [4.69, 9.17) is 4.42 Å². The number of hydrogen-bond donors (Lipinski definition) is 1. The molecule has 0 saturated heterocycles. The number of nitrogens with one attached hydrogen (secondary N) is 1. The first-order valence-electron chi connectivity index (χ1n) is 7.54. The van der Waals surface area contributed by atoms with Crippen molar-refractivity contribution in [3.05, 3.63) is 64.7 Å². The average molecular weight is 367 g/mol. The monoisotopic (exact) mass is 367 g/mol. The SMILES string of the molecule is Cc1cnc(NC(=O)c2sc(-c3ccco3)nc2-c2ccccc2)s1. The number of hydrogen-bond acceptors (Lipinski definition) is 6. The molecule has 0 atom stereocenters. The molecule has 1 N–H and O–H groups in total. The highest BCUT2D eigenvalue weighted by Crippen LogP contribution is 2.34. The van der Waals surface area contributed by atoms with Gasteiger partial charge in [0.2, 0.25) is 0 Å². The molecule has 0 aliphatic heterocycles. The lowest BCUT2D eigenvalue weighted by molar-refractivity contribution is 0.103. The number of furan rings is 1. The molecular formula is C18H13N3O2S2. The third kappa shape index (κ3) is 3.24. The summed E-state index contributed by atoms with van der Waals surface area (Å²) in [5.74, 6) is 0.426. The van der Waals surface area contributed by atoms with Crippen molar-refractivity contribution >= 4 is 33.7 Å². The Kier molecular flexibility index (Phi) is 4.17. The summed E-state index contributed by atoms with van der Waals surface area (Å²) in [6.07, 6.45) is 3.33. The summed E-state index contributed by atoms with van der Waals surface area (Å²) in [7, 11) is 0. The van der Waals surface area contributed by atoms with Crippen molar-refractivity contribution in [2.24, 2.45) is 0 Å². The van der Waals surface area contributed by atoms with Gasteiger partial charge in [-0.05, 0) is 19.1 Å². The molecule has 0 fully saturated rings. The maximum atomic E-state index is 12.8. The zero-order valence-corrected chi connectivity index (χ0v) is 14.9. The Balaban J connectivity index is 1.75. The smallest absolute Gasteiger partial charge is 0.269 e. The van der Waals surface area contributed by atoms with Crippen molar-refractivity contribution < 1.29 is 9.21 Å². The quantitative estimate of drug-likeness (QED) is 0.546. The molecule has 0 aliphatic carbocycles. The number of aryl methyl sites for hydroxylation is 1. The first-order valence-corrected chi connectivity index (χ1v) is 9.18. The van der Waals surface area contributed by atoms with Crippen LogP contribution in [0.3, 0.4) is 0 Å². The minimum absolute atomic E-state index is 0.219. The average Bonchev–Trinajstić information content (AvgIpc) is 3.35. The summed E-state index contributed by atoms with van der Waals surface area (Å²) >= 11 is 2.75. The normalized spacial score (nSPS) is 10.8. The number of anilines is 1. The van der Waals surface area contributed by atoms with Crippen LogP contribution in [0, 0.1) is 6.92 Å². The summed E-state index contributed by atoms with van der Waals surface area (Å²) in [5, 5.41) is 4.10. The number of benzene rings is 1. The summed E-state index contributed by atoms with van der Waals surface area (Å²) in [4.78, 5) is 23.2. The van der Waals surface area contributed by atoms with Gasteiger partial charge in [0.1, 0.15) is 4.88 Å². The van der Waals surface area contributed by atoms with Crippen LogP contribution in [0.15, 0.2) is 59.3 Å². The van der Waals surface area contributed by atoms with Gasteiger partial charge in [-0.25, -0.2) is 9.97 Å². The molecule has 0 saturated carbocycles. The van der Waals surface area contributed by atoms with Gasteiger partial charge in [0.15, 0.2) is 15.9 Å². The van der Waals surface area contributed by atoms with Gasteiger partial charge in [-0.15, -0.1) is 22.7 Å². The van der Waals surface area contributed by atoms with E-state index in [1.54, 1.807) is 18.5 Å². The second-order valence-electron chi connectivity index (χ2n) is 5.27. The highest BCUT2D eigenvalue weighted by molar-refractivity contribution is 7.18. The second kappa shape index (κ2) is 6.62. The number of amides is 1. The van der Waals surface area contributed by atoms with E-state index in [9.17, 15) is 4.79 Å². The summed E-state index contributed by atoms with van der Waals surface area (Å²) in [6.45, 7) is 1.95. The molecule has 3 aromatic heterocycles. The van der Waals surface area contributed by atoms with Crippen LogP contribution < -0.4 is 5.32 Å². The van der Waals surface area contributed by atoms with Crippen molar-refractivity contribution in [2.75, 3.05) is 5.32 Å². The minimum atomic E-state index is -0.219. The Morgan fingerprint density at radius 3 is 2.64 bits per heavy atom. The number of carbonyl (C=O) groups excluding carboxylic acids is 1. The van der Waals surface area contributed by atoms with E-state index in [-0.39, 0.29) is 5.91 Å². The fourth-order valence-corrected chi connectivity index (χ4v) is 3.95. The van der Waals surface area contributed by atoms with Gasteiger partial charge in [0.05, 0.1) is 12.0 Å². The van der Waals surface area contributed by atoms with Gasteiger partial charge in [-0.3, -0.25) is 10.1 Å². The molecule has 0 radical (unpaired) electrons. The number of thiazole rings is 2. The van der Waals surface area contributed by atoms with E-state index in [2.05, 4.69) is 15.3 Å². The maximum Gasteiger partial charge on any atom is 0.269 e. The van der Waals surface area contributed by atoms with Crippen LogP contribution >= 0.6 is 22.7 Å². The van der Waals surface area contributed by atoms with Crippen LogP contribution in [0.1, 0.15) is 14.5 Å². The van der Waals surface area contributed by atoms with E-state index < -0.39 is 0 Å². The van der Waals surface area contributed by atoms with E-state index in [0.29, 0.717) is 26.5 Å². The molecule has 1 aromatic carbocycles. The Bertz CT molecular complexity index is 1000. The summed E-state index contributed by atoms with van der Waals surface area (Å²) < 4.78 is 5.43. The lowest BCUT2D eigenvalue weighted by atomic mass is 10.1. The van der Waals surface area contributed by atoms with Crippen molar-refractivity contribution in [2.45, 2.75) is 6.92 Å². The molecule has 1 amide bonds. The predicted octanol–water partition coefficient (Wildman–Crippen LogP) is 5.09. The number of carbonyl (C=O) groups is 1. The fourth-order valence-electron chi connectivity index (χ4n) is 2.34. The third-order valence-corrected chi connectivity index (χ3v) is 5.35. The summed E-state index contributed by atoms with van der Waals surface area (Å²) in [5.41, 5.74) is 1.53. The third-order valence-electron chi connectivity index (χ3n) is 3.45. The van der Waals surface area contributed by atoms with Crippen LogP contribution in [0.5, 0.6) is 0 Å². The van der Waals surface area contributed by atoms with Crippen LogP contribution in [0.2, 0.25) is 0 Å². The molecule has 0 unspecified atom stereocenters. The van der Waals surface area contributed by atoms with Gasteiger partial charge < -0.3 is 4.42 Å². The van der Waals surface area contributed by atoms with Gasteiger partial charge in [0, 0.05) is 16.6 Å².